The summed E-state index contributed by atoms with van der Waals surface area (Å²) in [6, 6.07) is 1.87. The van der Waals surface area contributed by atoms with Crippen molar-refractivity contribution >= 4 is 23.8 Å². The first-order chi connectivity index (χ1) is 20.1. The summed E-state index contributed by atoms with van der Waals surface area (Å²) in [5, 5.41) is 25.7. The average molecular weight is 573 g/mol. The second kappa shape index (κ2) is 10.3. The van der Waals surface area contributed by atoms with Crippen LogP contribution in [0, 0.1) is 45.8 Å². The molecule has 9 nitrogen and oxygen atoms in total. The minimum Gasteiger partial charge on any atom is -0.447 e. The summed E-state index contributed by atoms with van der Waals surface area (Å²) in [7, 11) is 0. The number of carbonyl (C=O) groups excluding carboxylic acids is 2. The fraction of sp³-hybridized carbons (Fsp3) is 0.576. The average Bonchev–Trinajstić information content (AvgIpc) is 3.67. The lowest BCUT2D eigenvalue weighted by Crippen LogP contribution is -2.63. The third-order valence-corrected chi connectivity index (χ3v) is 11.1. The summed E-state index contributed by atoms with van der Waals surface area (Å²) in [6.45, 7) is 7.54. The number of hydrogen-bond acceptors (Lipinski definition) is 8. The van der Waals surface area contributed by atoms with E-state index in [1.54, 1.807) is 16.8 Å². The van der Waals surface area contributed by atoms with E-state index in [-0.39, 0.29) is 35.1 Å². The second-order valence-corrected chi connectivity index (χ2v) is 13.3. The lowest BCUT2D eigenvalue weighted by molar-refractivity contribution is -0.214. The van der Waals surface area contributed by atoms with E-state index in [0.29, 0.717) is 25.1 Å². The van der Waals surface area contributed by atoms with E-state index in [0.717, 1.165) is 43.4 Å². The van der Waals surface area contributed by atoms with Crippen LogP contribution in [0.1, 0.15) is 70.1 Å². The summed E-state index contributed by atoms with van der Waals surface area (Å²) >= 11 is 0. The molecule has 0 spiro atoms. The number of nitrogens with two attached hydrogens (primary N) is 1. The Labute approximate surface area is 246 Å². The normalized spacial score (nSPS) is 37.0. The number of allylic oxidation sites excluding steroid dienone is 5. The molecule has 4 fully saturated rings. The van der Waals surface area contributed by atoms with Crippen LogP contribution >= 0.6 is 0 Å². The Balaban J connectivity index is 1.33. The number of fused-ring (bicyclic) bond motifs is 6. The van der Waals surface area contributed by atoms with Crippen molar-refractivity contribution in [2.75, 3.05) is 6.61 Å². The first-order valence-corrected chi connectivity index (χ1v) is 15.1. The zero-order chi connectivity index (χ0) is 29.9. The van der Waals surface area contributed by atoms with E-state index >= 15 is 0 Å². The van der Waals surface area contributed by atoms with E-state index in [9.17, 15) is 14.7 Å². The van der Waals surface area contributed by atoms with Crippen LogP contribution in [-0.4, -0.2) is 45.1 Å². The molecule has 1 aromatic heterocycles. The molecule has 3 N–H and O–H groups in total. The number of hydrogen-bond donors (Lipinski definition) is 2. The molecule has 0 saturated heterocycles. The molecule has 0 bridgehead atoms. The third-order valence-electron chi connectivity index (χ3n) is 11.1. The largest absolute Gasteiger partial charge is 0.447 e. The lowest BCUT2D eigenvalue weighted by Gasteiger charge is -2.60. The number of nitrogens with zero attached hydrogens (tertiary/aromatic N) is 3. The van der Waals surface area contributed by atoms with Crippen molar-refractivity contribution in [2.24, 2.45) is 40.2 Å². The summed E-state index contributed by atoms with van der Waals surface area (Å²) in [5.41, 5.74) is 7.12. The number of ether oxygens (including phenoxy) is 2. The van der Waals surface area contributed by atoms with Gasteiger partial charge in [-0.3, -0.25) is 4.79 Å². The van der Waals surface area contributed by atoms with Gasteiger partial charge in [0.2, 0.25) is 5.60 Å². The zero-order valence-corrected chi connectivity index (χ0v) is 24.4. The third kappa shape index (κ3) is 4.17. The van der Waals surface area contributed by atoms with E-state index in [1.807, 2.05) is 31.3 Å². The van der Waals surface area contributed by atoms with Crippen molar-refractivity contribution in [2.45, 2.75) is 76.9 Å². The smallest absolute Gasteiger partial charge is 0.352 e. The van der Waals surface area contributed by atoms with Crippen LogP contribution in [0.5, 0.6) is 0 Å². The maximum atomic E-state index is 13.6. The van der Waals surface area contributed by atoms with Crippen molar-refractivity contribution < 1.29 is 24.2 Å². The topological polar surface area (TPSA) is 140 Å². The van der Waals surface area contributed by atoms with Crippen LogP contribution in [0.3, 0.4) is 0 Å². The quantitative estimate of drug-likeness (QED) is 0.364. The van der Waals surface area contributed by atoms with Gasteiger partial charge in [0.05, 0.1) is 23.9 Å². The van der Waals surface area contributed by atoms with Gasteiger partial charge in [-0.15, -0.1) is 0 Å². The highest BCUT2D eigenvalue weighted by Gasteiger charge is 2.71. The van der Waals surface area contributed by atoms with Gasteiger partial charge in [-0.1, -0.05) is 44.2 Å². The SMILES string of the molecule is C=C/C=C\C=C(/N)n1ncc2c1C=C1CCC3[C@H]([C@@H](O)CC4(C)[C@H]3CCC4(OC(=O)C3CC3)C(=O)OCC#N)C1(C)C2. The summed E-state index contributed by atoms with van der Waals surface area (Å²) < 4.78 is 13.3. The number of rotatable bonds is 7. The van der Waals surface area contributed by atoms with Gasteiger partial charge in [-0.25, -0.2) is 9.48 Å². The van der Waals surface area contributed by atoms with E-state index in [1.165, 1.54) is 5.57 Å². The van der Waals surface area contributed by atoms with Gasteiger partial charge in [0.1, 0.15) is 11.9 Å². The van der Waals surface area contributed by atoms with Gasteiger partial charge in [0, 0.05) is 5.41 Å². The monoisotopic (exact) mass is 572 g/mol. The molecule has 1 heterocycles. The van der Waals surface area contributed by atoms with Crippen LogP contribution in [0.25, 0.3) is 11.9 Å². The molecule has 5 aliphatic carbocycles. The molecule has 0 amide bonds. The Morgan fingerprint density at radius 1 is 1.29 bits per heavy atom. The minimum atomic E-state index is -1.50. The lowest BCUT2D eigenvalue weighted by atomic mass is 9.45. The first kappa shape index (κ1) is 28.5. The molecule has 0 aromatic carbocycles. The Bertz CT molecular complexity index is 1450. The van der Waals surface area contributed by atoms with Crippen molar-refractivity contribution in [3.63, 3.8) is 0 Å². The maximum absolute atomic E-state index is 13.6. The molecule has 42 heavy (non-hydrogen) atoms. The van der Waals surface area contributed by atoms with E-state index < -0.39 is 29.7 Å². The second-order valence-electron chi connectivity index (χ2n) is 13.3. The van der Waals surface area contributed by atoms with Crippen LogP contribution < -0.4 is 5.73 Å². The van der Waals surface area contributed by atoms with Gasteiger partial charge in [0.15, 0.2) is 6.61 Å². The molecular formula is C33H40N4O5. The van der Waals surface area contributed by atoms with Gasteiger partial charge in [-0.05, 0) is 92.3 Å². The summed E-state index contributed by atoms with van der Waals surface area (Å²) in [5.74, 6) is -0.520. The Hall–Kier alpha value is -3.64. The molecule has 0 radical (unpaired) electrons. The molecule has 6 rings (SSSR count). The molecule has 1 aromatic rings. The number of carbonyl (C=O) groups is 2. The Morgan fingerprint density at radius 3 is 2.79 bits per heavy atom. The highest BCUT2D eigenvalue weighted by molar-refractivity contribution is 5.86. The molecule has 9 heteroatoms. The van der Waals surface area contributed by atoms with E-state index in [2.05, 4.69) is 24.7 Å². The molecule has 4 unspecified atom stereocenters. The zero-order valence-electron chi connectivity index (χ0n) is 24.4. The van der Waals surface area contributed by atoms with Crippen molar-refractivity contribution in [1.82, 2.24) is 9.78 Å². The molecule has 4 saturated carbocycles. The fourth-order valence-electron chi connectivity index (χ4n) is 9.01. The number of aromatic nitrogens is 2. The van der Waals surface area contributed by atoms with Crippen molar-refractivity contribution in [3.05, 3.63) is 53.9 Å². The van der Waals surface area contributed by atoms with Gasteiger partial charge in [0.25, 0.3) is 0 Å². The Kier molecular flexibility index (Phi) is 6.96. The summed E-state index contributed by atoms with van der Waals surface area (Å²) in [6.07, 6.45) is 15.8. The van der Waals surface area contributed by atoms with Crippen LogP contribution in [0.2, 0.25) is 0 Å². The predicted molar refractivity (Wildman–Crippen MR) is 156 cm³/mol. The maximum Gasteiger partial charge on any atom is 0.352 e. The fourth-order valence-corrected chi connectivity index (χ4v) is 9.01. The molecule has 0 aliphatic heterocycles. The van der Waals surface area contributed by atoms with Crippen molar-refractivity contribution in [3.8, 4) is 6.07 Å². The molecule has 7 atom stereocenters. The van der Waals surface area contributed by atoms with Gasteiger partial charge >= 0.3 is 11.9 Å². The standard InChI is InChI=1S/C33H40N4O5/c1-4-5-6-7-27(35)37-25-16-22-10-11-23-24-12-13-33(30(40)41-15-14-34,42-29(39)20-8-9-20)32(24,3)18-26(38)28(23)31(22,2)17-21(25)19-36-37/h4-7,16,19-20,23-24,26,28,38H,1,8-13,15,17-18,35H2,2-3H3/b6-5-,27-7+/t23?,24-,26-,28+,31?,32?,33?/m0/s1. The van der Waals surface area contributed by atoms with Crippen molar-refractivity contribution in [1.29, 1.82) is 5.26 Å². The van der Waals surface area contributed by atoms with Crippen LogP contribution in [-0.2, 0) is 25.5 Å². The molecular weight excluding hydrogens is 532 g/mol. The minimum absolute atomic E-state index is 0.0273. The number of esters is 2. The van der Waals surface area contributed by atoms with Gasteiger partial charge < -0.3 is 20.3 Å². The first-order valence-electron chi connectivity index (χ1n) is 15.1. The highest BCUT2D eigenvalue weighted by atomic mass is 16.6. The number of nitriles is 1. The number of aliphatic hydroxyl groups excluding tert-OH is 1. The number of aliphatic hydroxyl groups is 1. The van der Waals surface area contributed by atoms with Crippen LogP contribution in [0.4, 0.5) is 0 Å². The highest BCUT2D eigenvalue weighted by Crippen LogP contribution is 2.68. The molecule has 5 aliphatic rings. The Morgan fingerprint density at radius 2 is 2.07 bits per heavy atom. The summed E-state index contributed by atoms with van der Waals surface area (Å²) in [4.78, 5) is 26.6. The molecule has 222 valence electrons. The van der Waals surface area contributed by atoms with Gasteiger partial charge in [-0.2, -0.15) is 10.4 Å². The van der Waals surface area contributed by atoms with Crippen LogP contribution in [0.15, 0.2) is 42.7 Å². The van der Waals surface area contributed by atoms with E-state index in [4.69, 9.17) is 20.5 Å². The predicted octanol–water partition coefficient (Wildman–Crippen LogP) is 4.29.